The molecule has 134 valence electrons. The molecule has 0 saturated carbocycles. The van der Waals surface area contributed by atoms with Gasteiger partial charge in [0.2, 0.25) is 5.91 Å². The predicted octanol–water partition coefficient (Wildman–Crippen LogP) is 2.11. The van der Waals surface area contributed by atoms with Gasteiger partial charge >= 0.3 is 0 Å². The molecule has 1 aliphatic rings. The summed E-state index contributed by atoms with van der Waals surface area (Å²) in [5.41, 5.74) is 1.55. The molecule has 6 heteroatoms. The topological polar surface area (TPSA) is 70.2 Å². The van der Waals surface area contributed by atoms with Crippen molar-refractivity contribution in [3.05, 3.63) is 35.4 Å². The molecule has 0 aliphatic carbocycles. The number of amides is 2. The number of rotatable bonds is 6. The van der Waals surface area contributed by atoms with Gasteiger partial charge in [-0.2, -0.15) is 0 Å². The zero-order valence-electron chi connectivity index (χ0n) is 14.4. The Balaban J connectivity index is 0.00000288. The van der Waals surface area contributed by atoms with E-state index >= 15 is 0 Å². The highest BCUT2D eigenvalue weighted by Crippen LogP contribution is 2.22. The summed E-state index contributed by atoms with van der Waals surface area (Å²) in [6.07, 6.45) is 2.96. The molecule has 0 aromatic heterocycles. The molecule has 3 N–H and O–H groups in total. The van der Waals surface area contributed by atoms with Crippen LogP contribution in [0.25, 0.3) is 0 Å². The molecule has 1 aromatic carbocycles. The van der Waals surface area contributed by atoms with Crippen molar-refractivity contribution in [3.63, 3.8) is 0 Å². The Kier molecular flexibility index (Phi) is 8.79. The van der Waals surface area contributed by atoms with Gasteiger partial charge in [0.05, 0.1) is 0 Å². The zero-order chi connectivity index (χ0) is 16.7. The third-order valence-corrected chi connectivity index (χ3v) is 4.55. The Bertz CT molecular complexity index is 545. The molecule has 5 nitrogen and oxygen atoms in total. The van der Waals surface area contributed by atoms with E-state index in [0.717, 1.165) is 18.7 Å². The number of benzene rings is 1. The van der Waals surface area contributed by atoms with Crippen molar-refractivity contribution < 1.29 is 9.59 Å². The molecule has 24 heavy (non-hydrogen) atoms. The normalized spacial score (nSPS) is 18.2. The summed E-state index contributed by atoms with van der Waals surface area (Å²) in [5, 5.41) is 8.97. The Morgan fingerprint density at radius 3 is 2.83 bits per heavy atom. The fourth-order valence-corrected chi connectivity index (χ4v) is 3.06. The molecule has 2 unspecified atom stereocenters. The number of nitrogens with one attached hydrogen (secondary N) is 3. The van der Waals surface area contributed by atoms with E-state index in [9.17, 15) is 9.59 Å². The molecule has 2 atom stereocenters. The van der Waals surface area contributed by atoms with Crippen molar-refractivity contribution in [2.24, 2.45) is 11.8 Å². The van der Waals surface area contributed by atoms with Crippen molar-refractivity contribution in [2.45, 2.75) is 32.7 Å². The van der Waals surface area contributed by atoms with E-state index in [1.165, 1.54) is 12.8 Å². The third kappa shape index (κ3) is 6.13. The number of piperidine rings is 1. The first-order valence-corrected chi connectivity index (χ1v) is 8.38. The van der Waals surface area contributed by atoms with E-state index in [2.05, 4.69) is 22.9 Å². The lowest BCUT2D eigenvalue weighted by atomic mass is 9.85. The Hall–Kier alpha value is -1.59. The summed E-state index contributed by atoms with van der Waals surface area (Å²) in [6.45, 7) is 4.72. The van der Waals surface area contributed by atoms with Gasteiger partial charge in [-0.1, -0.05) is 19.1 Å². The van der Waals surface area contributed by atoms with Crippen LogP contribution >= 0.6 is 12.4 Å². The molecule has 1 saturated heterocycles. The fourth-order valence-electron chi connectivity index (χ4n) is 3.06. The number of carbonyl (C=O) groups is 2. The molecule has 1 aromatic rings. The SMILES string of the molecule is CNC(=O)c1cccc(CNC(=O)CC(C)C2CCCNC2)c1.Cl. The summed E-state index contributed by atoms with van der Waals surface area (Å²) < 4.78 is 0. The lowest BCUT2D eigenvalue weighted by Gasteiger charge is -2.28. The van der Waals surface area contributed by atoms with E-state index in [0.29, 0.717) is 30.4 Å². The van der Waals surface area contributed by atoms with Gasteiger partial charge < -0.3 is 16.0 Å². The first kappa shape index (κ1) is 20.5. The third-order valence-electron chi connectivity index (χ3n) is 4.55. The van der Waals surface area contributed by atoms with E-state index < -0.39 is 0 Å². The van der Waals surface area contributed by atoms with Gasteiger partial charge in [0.25, 0.3) is 5.91 Å². The van der Waals surface area contributed by atoms with E-state index in [1.807, 2.05) is 18.2 Å². The van der Waals surface area contributed by atoms with Gasteiger partial charge in [-0.15, -0.1) is 12.4 Å². The molecule has 0 bridgehead atoms. The van der Waals surface area contributed by atoms with Crippen LogP contribution in [0.5, 0.6) is 0 Å². The van der Waals surface area contributed by atoms with Crippen LogP contribution < -0.4 is 16.0 Å². The maximum Gasteiger partial charge on any atom is 0.251 e. The molecular weight excluding hydrogens is 326 g/mol. The highest BCUT2D eigenvalue weighted by molar-refractivity contribution is 5.94. The van der Waals surface area contributed by atoms with Crippen molar-refractivity contribution in [1.29, 1.82) is 0 Å². The van der Waals surface area contributed by atoms with Crippen LogP contribution in [-0.2, 0) is 11.3 Å². The largest absolute Gasteiger partial charge is 0.355 e. The van der Waals surface area contributed by atoms with Crippen LogP contribution in [0.3, 0.4) is 0 Å². The van der Waals surface area contributed by atoms with E-state index in [-0.39, 0.29) is 24.2 Å². The number of halogens is 1. The van der Waals surface area contributed by atoms with Gasteiger partial charge in [-0.25, -0.2) is 0 Å². The molecule has 0 spiro atoms. The quantitative estimate of drug-likeness (QED) is 0.733. The van der Waals surface area contributed by atoms with Gasteiger partial charge in [0.15, 0.2) is 0 Å². The standard InChI is InChI=1S/C18H27N3O2.ClH/c1-13(16-7-4-8-20-12-16)9-17(22)21-11-14-5-3-6-15(10-14)18(23)19-2;/h3,5-6,10,13,16,20H,4,7-9,11-12H2,1-2H3,(H,19,23)(H,21,22);1H. The first-order chi connectivity index (χ1) is 11.1. The van der Waals surface area contributed by atoms with E-state index in [4.69, 9.17) is 0 Å². The molecule has 0 radical (unpaired) electrons. The lowest BCUT2D eigenvalue weighted by Crippen LogP contribution is -2.35. The van der Waals surface area contributed by atoms with Crippen LogP contribution in [0.15, 0.2) is 24.3 Å². The van der Waals surface area contributed by atoms with Crippen LogP contribution in [0.2, 0.25) is 0 Å². The number of carbonyl (C=O) groups excluding carboxylic acids is 2. The van der Waals surface area contributed by atoms with Gasteiger partial charge in [0, 0.05) is 25.6 Å². The zero-order valence-corrected chi connectivity index (χ0v) is 15.2. The van der Waals surface area contributed by atoms with Crippen LogP contribution in [0.4, 0.5) is 0 Å². The Labute approximate surface area is 150 Å². The monoisotopic (exact) mass is 353 g/mol. The average Bonchev–Trinajstić information content (AvgIpc) is 2.60. The minimum atomic E-state index is -0.114. The number of hydrogen-bond donors (Lipinski definition) is 3. The van der Waals surface area contributed by atoms with Crippen LogP contribution in [0, 0.1) is 11.8 Å². The minimum Gasteiger partial charge on any atom is -0.355 e. The molecule has 1 fully saturated rings. The molecule has 2 rings (SSSR count). The summed E-state index contributed by atoms with van der Waals surface area (Å²) in [5.74, 6) is 0.941. The highest BCUT2D eigenvalue weighted by Gasteiger charge is 2.21. The maximum absolute atomic E-state index is 12.1. The molecule has 1 heterocycles. The lowest BCUT2D eigenvalue weighted by molar-refractivity contribution is -0.122. The van der Waals surface area contributed by atoms with Gasteiger partial charge in [-0.05, 0) is 55.5 Å². The predicted molar refractivity (Wildman–Crippen MR) is 98.3 cm³/mol. The van der Waals surface area contributed by atoms with Crippen LogP contribution in [0.1, 0.15) is 42.1 Å². The van der Waals surface area contributed by atoms with Crippen molar-refractivity contribution >= 4 is 24.2 Å². The summed E-state index contributed by atoms with van der Waals surface area (Å²) in [6, 6.07) is 7.33. The number of hydrogen-bond acceptors (Lipinski definition) is 3. The fraction of sp³-hybridized carbons (Fsp3) is 0.556. The molecule has 2 amide bonds. The Morgan fingerprint density at radius 2 is 2.17 bits per heavy atom. The van der Waals surface area contributed by atoms with Crippen LogP contribution in [-0.4, -0.2) is 32.0 Å². The molecular formula is C18H28ClN3O2. The van der Waals surface area contributed by atoms with Crippen molar-refractivity contribution in [2.75, 3.05) is 20.1 Å². The minimum absolute atomic E-state index is 0. The maximum atomic E-state index is 12.1. The Morgan fingerprint density at radius 1 is 1.38 bits per heavy atom. The summed E-state index contributed by atoms with van der Waals surface area (Å²) in [4.78, 5) is 23.8. The van der Waals surface area contributed by atoms with Crippen molar-refractivity contribution in [1.82, 2.24) is 16.0 Å². The smallest absolute Gasteiger partial charge is 0.251 e. The first-order valence-electron chi connectivity index (χ1n) is 8.38. The van der Waals surface area contributed by atoms with Gasteiger partial charge in [0.1, 0.15) is 0 Å². The second-order valence-corrected chi connectivity index (χ2v) is 6.34. The van der Waals surface area contributed by atoms with Gasteiger partial charge in [-0.3, -0.25) is 9.59 Å². The summed E-state index contributed by atoms with van der Waals surface area (Å²) in [7, 11) is 1.61. The van der Waals surface area contributed by atoms with E-state index in [1.54, 1.807) is 13.1 Å². The van der Waals surface area contributed by atoms with Crippen molar-refractivity contribution in [3.8, 4) is 0 Å². The second-order valence-electron chi connectivity index (χ2n) is 6.34. The molecule has 1 aliphatic heterocycles. The average molecular weight is 354 g/mol. The summed E-state index contributed by atoms with van der Waals surface area (Å²) >= 11 is 0. The second kappa shape index (κ2) is 10.3. The highest BCUT2D eigenvalue weighted by atomic mass is 35.5.